The molecule has 1 aromatic rings. The lowest BCUT2D eigenvalue weighted by Gasteiger charge is -2.13. The first-order chi connectivity index (χ1) is 6.61. The molecular weight excluding hydrogens is 174 g/mol. The zero-order valence-electron chi connectivity index (χ0n) is 9.67. The number of aryl methyl sites for hydroxylation is 1. The van der Waals surface area contributed by atoms with Gasteiger partial charge in [-0.3, -0.25) is 4.68 Å². The number of nitrogens with two attached hydrogens (primary N) is 1. The van der Waals surface area contributed by atoms with Crippen molar-refractivity contribution in [3.05, 3.63) is 17.0 Å². The second-order valence-electron chi connectivity index (χ2n) is 3.87. The molecule has 0 saturated carbocycles. The third kappa shape index (κ3) is 1.98. The summed E-state index contributed by atoms with van der Waals surface area (Å²) < 4.78 is 2.11. The fraction of sp³-hybridized carbons (Fsp3) is 0.727. The van der Waals surface area contributed by atoms with Gasteiger partial charge in [-0.25, -0.2) is 0 Å². The minimum absolute atomic E-state index is 0.416. The maximum atomic E-state index is 5.55. The molecule has 3 heteroatoms. The summed E-state index contributed by atoms with van der Waals surface area (Å²) in [4.78, 5) is 0. The largest absolute Gasteiger partial charge is 0.330 e. The zero-order chi connectivity index (χ0) is 10.7. The Labute approximate surface area is 86.3 Å². The highest BCUT2D eigenvalue weighted by molar-refractivity contribution is 5.24. The smallest absolute Gasteiger partial charge is 0.0628 e. The van der Waals surface area contributed by atoms with Gasteiger partial charge in [0.05, 0.1) is 11.7 Å². The Morgan fingerprint density at radius 1 is 1.43 bits per heavy atom. The first kappa shape index (κ1) is 11.2. The van der Waals surface area contributed by atoms with Crippen LogP contribution in [0.5, 0.6) is 0 Å². The quantitative estimate of drug-likeness (QED) is 0.798. The summed E-state index contributed by atoms with van der Waals surface area (Å²) in [7, 11) is 0. The molecule has 0 aromatic carbocycles. The normalized spacial score (nSPS) is 13.2. The van der Waals surface area contributed by atoms with Gasteiger partial charge in [0, 0.05) is 5.69 Å². The van der Waals surface area contributed by atoms with E-state index in [-0.39, 0.29) is 0 Å². The molecule has 1 unspecified atom stereocenters. The molecule has 3 nitrogen and oxygen atoms in total. The van der Waals surface area contributed by atoms with Gasteiger partial charge in [-0.2, -0.15) is 5.10 Å². The lowest BCUT2D eigenvalue weighted by molar-refractivity contribution is 0.453. The molecule has 1 aromatic heterocycles. The second kappa shape index (κ2) is 4.60. The van der Waals surface area contributed by atoms with E-state index in [2.05, 4.69) is 37.5 Å². The molecule has 0 fully saturated rings. The predicted molar refractivity (Wildman–Crippen MR) is 59.5 cm³/mol. The average molecular weight is 195 g/mol. The van der Waals surface area contributed by atoms with Crippen molar-refractivity contribution in [3.63, 3.8) is 0 Å². The standard InChI is InChI=1S/C11H21N3/c1-5-11-9(3)13-14(10(11)4)8(2)6-7-12/h8H,5-7,12H2,1-4H3. The van der Waals surface area contributed by atoms with Crippen LogP contribution in [0.2, 0.25) is 0 Å². The molecule has 80 valence electrons. The van der Waals surface area contributed by atoms with Crippen LogP contribution in [0.3, 0.4) is 0 Å². The Morgan fingerprint density at radius 2 is 2.07 bits per heavy atom. The maximum Gasteiger partial charge on any atom is 0.0628 e. The summed E-state index contributed by atoms with van der Waals surface area (Å²) in [5.41, 5.74) is 9.39. The fourth-order valence-corrected chi connectivity index (χ4v) is 2.00. The molecule has 14 heavy (non-hydrogen) atoms. The second-order valence-corrected chi connectivity index (χ2v) is 3.87. The molecule has 0 radical (unpaired) electrons. The number of rotatable bonds is 4. The van der Waals surface area contributed by atoms with Crippen LogP contribution in [0, 0.1) is 13.8 Å². The van der Waals surface area contributed by atoms with Gasteiger partial charge in [-0.1, -0.05) is 6.92 Å². The number of aromatic nitrogens is 2. The topological polar surface area (TPSA) is 43.8 Å². The molecule has 1 heterocycles. The van der Waals surface area contributed by atoms with Gasteiger partial charge >= 0.3 is 0 Å². The molecule has 0 bridgehead atoms. The van der Waals surface area contributed by atoms with Gasteiger partial charge in [-0.15, -0.1) is 0 Å². The summed E-state index contributed by atoms with van der Waals surface area (Å²) in [6.45, 7) is 9.30. The van der Waals surface area contributed by atoms with Crippen LogP contribution in [0.1, 0.15) is 43.3 Å². The van der Waals surface area contributed by atoms with E-state index in [4.69, 9.17) is 5.73 Å². The fourth-order valence-electron chi connectivity index (χ4n) is 2.00. The van der Waals surface area contributed by atoms with Crippen molar-refractivity contribution in [2.24, 2.45) is 5.73 Å². The van der Waals surface area contributed by atoms with Crippen molar-refractivity contribution < 1.29 is 0 Å². The van der Waals surface area contributed by atoms with Crippen molar-refractivity contribution in [1.29, 1.82) is 0 Å². The minimum atomic E-state index is 0.416. The molecular formula is C11H21N3. The van der Waals surface area contributed by atoms with Crippen molar-refractivity contribution in [2.45, 2.75) is 46.6 Å². The Morgan fingerprint density at radius 3 is 2.50 bits per heavy atom. The van der Waals surface area contributed by atoms with Crippen LogP contribution in [0.15, 0.2) is 0 Å². The molecule has 0 spiro atoms. The van der Waals surface area contributed by atoms with Crippen LogP contribution in [-0.4, -0.2) is 16.3 Å². The summed E-state index contributed by atoms with van der Waals surface area (Å²) in [5, 5.41) is 4.56. The van der Waals surface area contributed by atoms with Crippen LogP contribution >= 0.6 is 0 Å². The SMILES string of the molecule is CCc1c(C)nn(C(C)CCN)c1C. The molecule has 0 amide bonds. The Balaban J connectivity index is 2.98. The monoisotopic (exact) mass is 195 g/mol. The van der Waals surface area contributed by atoms with Gasteiger partial charge in [0.15, 0.2) is 0 Å². The molecule has 1 rings (SSSR count). The van der Waals surface area contributed by atoms with Gasteiger partial charge < -0.3 is 5.73 Å². The van der Waals surface area contributed by atoms with E-state index in [9.17, 15) is 0 Å². The van der Waals surface area contributed by atoms with Crippen LogP contribution in [0.25, 0.3) is 0 Å². The lowest BCUT2D eigenvalue weighted by Crippen LogP contribution is -2.13. The summed E-state index contributed by atoms with van der Waals surface area (Å²) >= 11 is 0. The van der Waals surface area contributed by atoms with E-state index in [0.29, 0.717) is 6.04 Å². The third-order valence-corrected chi connectivity index (χ3v) is 2.83. The zero-order valence-corrected chi connectivity index (χ0v) is 9.67. The van der Waals surface area contributed by atoms with Crippen LogP contribution in [-0.2, 0) is 6.42 Å². The highest BCUT2D eigenvalue weighted by Crippen LogP contribution is 2.19. The molecule has 2 N–H and O–H groups in total. The van der Waals surface area contributed by atoms with Crippen molar-refractivity contribution in [3.8, 4) is 0 Å². The summed E-state index contributed by atoms with van der Waals surface area (Å²) in [6.07, 6.45) is 2.05. The van der Waals surface area contributed by atoms with Crippen molar-refractivity contribution >= 4 is 0 Å². The van der Waals surface area contributed by atoms with Gasteiger partial charge in [0.2, 0.25) is 0 Å². The van der Waals surface area contributed by atoms with Crippen LogP contribution in [0.4, 0.5) is 0 Å². The van der Waals surface area contributed by atoms with E-state index in [1.54, 1.807) is 0 Å². The van der Waals surface area contributed by atoms with E-state index in [1.807, 2.05) is 0 Å². The average Bonchev–Trinajstić information content (AvgIpc) is 2.42. The molecule has 0 saturated heterocycles. The predicted octanol–water partition coefficient (Wildman–Crippen LogP) is 1.97. The van der Waals surface area contributed by atoms with Crippen molar-refractivity contribution in [2.75, 3.05) is 6.54 Å². The highest BCUT2D eigenvalue weighted by Gasteiger charge is 2.13. The maximum absolute atomic E-state index is 5.55. The Kier molecular flexibility index (Phi) is 3.69. The van der Waals surface area contributed by atoms with E-state index in [0.717, 1.165) is 25.1 Å². The van der Waals surface area contributed by atoms with Crippen molar-refractivity contribution in [1.82, 2.24) is 9.78 Å². The highest BCUT2D eigenvalue weighted by atomic mass is 15.3. The molecule has 0 aliphatic rings. The third-order valence-electron chi connectivity index (χ3n) is 2.83. The van der Waals surface area contributed by atoms with E-state index in [1.165, 1.54) is 11.3 Å². The number of hydrogen-bond acceptors (Lipinski definition) is 2. The summed E-state index contributed by atoms with van der Waals surface area (Å²) in [6, 6.07) is 0.416. The molecule has 0 aliphatic heterocycles. The Bertz CT molecular complexity index is 302. The van der Waals surface area contributed by atoms with E-state index >= 15 is 0 Å². The number of hydrogen-bond donors (Lipinski definition) is 1. The Hall–Kier alpha value is -0.830. The van der Waals surface area contributed by atoms with E-state index < -0.39 is 0 Å². The van der Waals surface area contributed by atoms with Gasteiger partial charge in [-0.05, 0) is 45.7 Å². The molecule has 0 aliphatic carbocycles. The van der Waals surface area contributed by atoms with Crippen LogP contribution < -0.4 is 5.73 Å². The number of nitrogens with zero attached hydrogens (tertiary/aromatic N) is 2. The van der Waals surface area contributed by atoms with Gasteiger partial charge in [0.1, 0.15) is 0 Å². The molecule has 1 atom stereocenters. The lowest BCUT2D eigenvalue weighted by atomic mass is 10.1. The minimum Gasteiger partial charge on any atom is -0.330 e. The summed E-state index contributed by atoms with van der Waals surface area (Å²) in [5.74, 6) is 0. The first-order valence-electron chi connectivity index (χ1n) is 5.36. The van der Waals surface area contributed by atoms with Gasteiger partial charge in [0.25, 0.3) is 0 Å². The first-order valence-corrected chi connectivity index (χ1v) is 5.36.